The Hall–Kier alpha value is -1.46. The standard InChI is InChI=1S/C14H9BrClF2NO/c15-13-9(16)4-2-6-11(13)19-12(20)7-8-3-1-5-10(17)14(8)18/h1-6H,7H2,(H,19,20). The number of hydrogen-bond acceptors (Lipinski definition) is 1. The fourth-order valence-electron chi connectivity index (χ4n) is 1.65. The van der Waals surface area contributed by atoms with E-state index in [0.717, 1.165) is 6.07 Å². The van der Waals surface area contributed by atoms with Crippen molar-refractivity contribution in [1.29, 1.82) is 0 Å². The summed E-state index contributed by atoms with van der Waals surface area (Å²) in [6.45, 7) is 0. The molecule has 0 heterocycles. The molecule has 0 fully saturated rings. The minimum absolute atomic E-state index is 0.000602. The Labute approximate surface area is 127 Å². The molecule has 0 atom stereocenters. The number of carbonyl (C=O) groups excluding carboxylic acids is 1. The molecule has 104 valence electrons. The fourth-order valence-corrected chi connectivity index (χ4v) is 2.19. The van der Waals surface area contributed by atoms with Crippen molar-refractivity contribution in [3.63, 3.8) is 0 Å². The summed E-state index contributed by atoms with van der Waals surface area (Å²) in [6, 6.07) is 8.71. The minimum Gasteiger partial charge on any atom is -0.325 e. The fraction of sp³-hybridized carbons (Fsp3) is 0.0714. The number of hydrogen-bond donors (Lipinski definition) is 1. The van der Waals surface area contributed by atoms with Crippen molar-refractivity contribution in [2.24, 2.45) is 0 Å². The van der Waals surface area contributed by atoms with E-state index in [4.69, 9.17) is 11.6 Å². The highest BCUT2D eigenvalue weighted by Crippen LogP contribution is 2.30. The van der Waals surface area contributed by atoms with Crippen molar-refractivity contribution < 1.29 is 13.6 Å². The highest BCUT2D eigenvalue weighted by atomic mass is 79.9. The van der Waals surface area contributed by atoms with Gasteiger partial charge in [-0.15, -0.1) is 0 Å². The first-order chi connectivity index (χ1) is 9.49. The Morgan fingerprint density at radius 2 is 1.90 bits per heavy atom. The van der Waals surface area contributed by atoms with E-state index in [2.05, 4.69) is 21.2 Å². The lowest BCUT2D eigenvalue weighted by Gasteiger charge is -2.09. The summed E-state index contributed by atoms with van der Waals surface area (Å²) < 4.78 is 27.0. The van der Waals surface area contributed by atoms with Crippen LogP contribution in [0.3, 0.4) is 0 Å². The zero-order chi connectivity index (χ0) is 14.7. The van der Waals surface area contributed by atoms with Gasteiger partial charge in [-0.2, -0.15) is 0 Å². The first-order valence-electron chi connectivity index (χ1n) is 5.66. The van der Waals surface area contributed by atoms with Crippen molar-refractivity contribution in [2.75, 3.05) is 5.32 Å². The van der Waals surface area contributed by atoms with Crippen LogP contribution in [0.1, 0.15) is 5.56 Å². The lowest BCUT2D eigenvalue weighted by molar-refractivity contribution is -0.115. The highest BCUT2D eigenvalue weighted by molar-refractivity contribution is 9.10. The maximum atomic E-state index is 13.5. The smallest absolute Gasteiger partial charge is 0.228 e. The summed E-state index contributed by atoms with van der Waals surface area (Å²) in [6.07, 6.45) is -0.261. The second-order valence-electron chi connectivity index (χ2n) is 4.04. The average Bonchev–Trinajstić information content (AvgIpc) is 2.40. The van der Waals surface area contributed by atoms with Crippen molar-refractivity contribution in [3.8, 4) is 0 Å². The van der Waals surface area contributed by atoms with Gasteiger partial charge in [0.15, 0.2) is 11.6 Å². The molecule has 0 spiro atoms. The molecule has 1 amide bonds. The third kappa shape index (κ3) is 3.35. The quantitative estimate of drug-likeness (QED) is 0.854. The molecule has 2 nitrogen and oxygen atoms in total. The number of amides is 1. The highest BCUT2D eigenvalue weighted by Gasteiger charge is 2.13. The molecule has 0 saturated heterocycles. The van der Waals surface area contributed by atoms with Crippen LogP contribution in [0.15, 0.2) is 40.9 Å². The van der Waals surface area contributed by atoms with Crippen molar-refractivity contribution in [1.82, 2.24) is 0 Å². The molecule has 0 saturated carbocycles. The molecule has 0 bridgehead atoms. The maximum Gasteiger partial charge on any atom is 0.228 e. The SMILES string of the molecule is O=C(Cc1cccc(F)c1F)Nc1cccc(Cl)c1Br. The Bertz CT molecular complexity index is 608. The summed E-state index contributed by atoms with van der Waals surface area (Å²) in [5.74, 6) is -2.44. The van der Waals surface area contributed by atoms with Gasteiger partial charge in [0, 0.05) is 5.56 Å². The largest absolute Gasteiger partial charge is 0.325 e. The zero-order valence-corrected chi connectivity index (χ0v) is 12.4. The Morgan fingerprint density at radius 1 is 1.20 bits per heavy atom. The molecule has 0 aliphatic heterocycles. The second-order valence-corrected chi connectivity index (χ2v) is 5.24. The van der Waals surface area contributed by atoms with Gasteiger partial charge in [0.1, 0.15) is 0 Å². The zero-order valence-electron chi connectivity index (χ0n) is 10.1. The van der Waals surface area contributed by atoms with Gasteiger partial charge < -0.3 is 5.32 Å². The van der Waals surface area contributed by atoms with Crippen LogP contribution < -0.4 is 5.32 Å². The number of benzene rings is 2. The van der Waals surface area contributed by atoms with Gasteiger partial charge in [0.05, 0.1) is 21.6 Å². The predicted molar refractivity (Wildman–Crippen MR) is 77.8 cm³/mol. The van der Waals surface area contributed by atoms with Crippen molar-refractivity contribution in [3.05, 3.63) is 63.1 Å². The number of halogens is 4. The van der Waals surface area contributed by atoms with Crippen LogP contribution in [-0.4, -0.2) is 5.91 Å². The van der Waals surface area contributed by atoms with Gasteiger partial charge in [-0.1, -0.05) is 29.8 Å². The summed E-state index contributed by atoms with van der Waals surface area (Å²) in [4.78, 5) is 11.8. The molecule has 0 radical (unpaired) electrons. The average molecular weight is 361 g/mol. The third-order valence-corrected chi connectivity index (χ3v) is 4.01. The number of nitrogens with one attached hydrogen (secondary N) is 1. The lowest BCUT2D eigenvalue weighted by atomic mass is 10.1. The molecule has 0 aliphatic rings. The maximum absolute atomic E-state index is 13.5. The van der Waals surface area contributed by atoms with Crippen LogP contribution in [0.2, 0.25) is 5.02 Å². The van der Waals surface area contributed by atoms with Crippen LogP contribution >= 0.6 is 27.5 Å². The van der Waals surface area contributed by atoms with Crippen LogP contribution in [-0.2, 0) is 11.2 Å². The summed E-state index contributed by atoms with van der Waals surface area (Å²) in [5, 5.41) is 3.03. The van der Waals surface area contributed by atoms with Crippen molar-refractivity contribution >= 4 is 39.1 Å². The molecule has 0 aliphatic carbocycles. The topological polar surface area (TPSA) is 29.1 Å². The van der Waals surface area contributed by atoms with E-state index < -0.39 is 17.5 Å². The van der Waals surface area contributed by atoms with Gasteiger partial charge in [-0.3, -0.25) is 4.79 Å². The molecule has 0 unspecified atom stereocenters. The van der Waals surface area contributed by atoms with E-state index in [1.165, 1.54) is 12.1 Å². The van der Waals surface area contributed by atoms with Gasteiger partial charge in [-0.25, -0.2) is 8.78 Å². The van der Waals surface area contributed by atoms with Gasteiger partial charge in [-0.05, 0) is 34.1 Å². The number of anilines is 1. The van der Waals surface area contributed by atoms with Crippen LogP contribution in [0.4, 0.5) is 14.5 Å². The number of rotatable bonds is 3. The molecular weight excluding hydrogens is 352 g/mol. The van der Waals surface area contributed by atoms with Gasteiger partial charge in [0.2, 0.25) is 5.91 Å². The molecular formula is C14H9BrClF2NO. The lowest BCUT2D eigenvalue weighted by Crippen LogP contribution is -2.16. The summed E-state index contributed by atoms with van der Waals surface area (Å²) in [5.41, 5.74) is 0.472. The Balaban J connectivity index is 2.13. The first-order valence-corrected chi connectivity index (χ1v) is 6.83. The molecule has 20 heavy (non-hydrogen) atoms. The van der Waals surface area contributed by atoms with E-state index >= 15 is 0 Å². The van der Waals surface area contributed by atoms with E-state index in [1.807, 2.05) is 0 Å². The van der Waals surface area contributed by atoms with Gasteiger partial charge >= 0.3 is 0 Å². The van der Waals surface area contributed by atoms with Crippen LogP contribution in [0.5, 0.6) is 0 Å². The Kier molecular flexibility index (Phi) is 4.73. The van der Waals surface area contributed by atoms with Crippen LogP contribution in [0.25, 0.3) is 0 Å². The monoisotopic (exact) mass is 359 g/mol. The van der Waals surface area contributed by atoms with Crippen molar-refractivity contribution in [2.45, 2.75) is 6.42 Å². The molecule has 2 aromatic carbocycles. The normalized spacial score (nSPS) is 10.4. The molecule has 2 rings (SSSR count). The first kappa shape index (κ1) is 14.9. The second kappa shape index (κ2) is 6.33. The number of carbonyl (C=O) groups is 1. The van der Waals surface area contributed by atoms with Gasteiger partial charge in [0.25, 0.3) is 0 Å². The minimum atomic E-state index is -1.01. The predicted octanol–water partition coefficient (Wildman–Crippen LogP) is 4.56. The molecule has 6 heteroatoms. The summed E-state index contributed by atoms with van der Waals surface area (Å²) in [7, 11) is 0. The van der Waals surface area contributed by atoms with E-state index in [9.17, 15) is 13.6 Å². The molecule has 1 N–H and O–H groups in total. The van der Waals surface area contributed by atoms with E-state index in [-0.39, 0.29) is 12.0 Å². The van der Waals surface area contributed by atoms with Crippen LogP contribution in [0, 0.1) is 11.6 Å². The van der Waals surface area contributed by atoms with E-state index in [0.29, 0.717) is 15.2 Å². The third-order valence-electron chi connectivity index (χ3n) is 2.61. The van der Waals surface area contributed by atoms with E-state index in [1.54, 1.807) is 18.2 Å². The molecule has 0 aromatic heterocycles. The summed E-state index contributed by atoms with van der Waals surface area (Å²) >= 11 is 9.14. The Morgan fingerprint density at radius 3 is 2.65 bits per heavy atom. The molecule has 2 aromatic rings.